The maximum atomic E-state index is 11.8. The highest BCUT2D eigenvalue weighted by atomic mass is 79.9. The van der Waals surface area contributed by atoms with Crippen molar-refractivity contribution in [2.24, 2.45) is 5.92 Å². The van der Waals surface area contributed by atoms with Gasteiger partial charge >= 0.3 is 0 Å². The van der Waals surface area contributed by atoms with Gasteiger partial charge in [0.15, 0.2) is 0 Å². The number of alkyl halides is 1. The van der Waals surface area contributed by atoms with E-state index in [1.165, 1.54) is 0 Å². The van der Waals surface area contributed by atoms with Crippen molar-refractivity contribution < 1.29 is 4.79 Å². The van der Waals surface area contributed by atoms with Crippen LogP contribution in [0.25, 0.3) is 0 Å². The third-order valence-corrected chi connectivity index (χ3v) is 4.77. The van der Waals surface area contributed by atoms with Crippen LogP contribution in [-0.4, -0.2) is 15.7 Å². The Morgan fingerprint density at radius 3 is 2.56 bits per heavy atom. The van der Waals surface area contributed by atoms with Gasteiger partial charge in [0.2, 0.25) is 5.91 Å². The van der Waals surface area contributed by atoms with E-state index in [4.69, 9.17) is 0 Å². The second-order valence-electron chi connectivity index (χ2n) is 4.19. The summed E-state index contributed by atoms with van der Waals surface area (Å²) < 4.78 is 0. The molecule has 0 saturated heterocycles. The van der Waals surface area contributed by atoms with Crippen LogP contribution in [0.3, 0.4) is 0 Å². The van der Waals surface area contributed by atoms with Crippen LogP contribution >= 0.6 is 27.3 Å². The fraction of sp³-hybridized carbons (Fsp3) is 0.636. The highest BCUT2D eigenvalue weighted by Gasteiger charge is 2.21. The van der Waals surface area contributed by atoms with Crippen molar-refractivity contribution >= 4 is 33.2 Å². The molecule has 16 heavy (non-hydrogen) atoms. The quantitative estimate of drug-likeness (QED) is 0.869. The molecule has 1 aromatic heterocycles. The minimum Gasteiger partial charge on any atom is -0.346 e. The first-order valence-corrected chi connectivity index (χ1v) is 7.01. The minimum absolute atomic E-state index is 0.0231. The summed E-state index contributed by atoms with van der Waals surface area (Å²) >= 11 is 5.00. The van der Waals surface area contributed by atoms with Crippen LogP contribution < -0.4 is 5.32 Å². The largest absolute Gasteiger partial charge is 0.346 e. The molecule has 2 unspecified atom stereocenters. The third-order valence-electron chi connectivity index (χ3n) is 2.20. The molecule has 0 fully saturated rings. The molecule has 1 N–H and O–H groups in total. The van der Waals surface area contributed by atoms with Crippen molar-refractivity contribution in [2.75, 3.05) is 0 Å². The lowest BCUT2D eigenvalue weighted by atomic mass is 10.1. The van der Waals surface area contributed by atoms with Gasteiger partial charge in [0.05, 0.1) is 10.9 Å². The lowest BCUT2D eigenvalue weighted by molar-refractivity contribution is -0.121. The summed E-state index contributed by atoms with van der Waals surface area (Å²) in [6, 6.07) is -0.0231. The lowest BCUT2D eigenvalue weighted by Gasteiger charge is -2.17. The van der Waals surface area contributed by atoms with Gasteiger partial charge in [-0.2, -0.15) is 0 Å². The first-order chi connectivity index (χ1) is 7.41. The molecule has 0 aliphatic rings. The molecule has 5 heteroatoms. The Labute approximate surface area is 109 Å². The van der Waals surface area contributed by atoms with E-state index in [0.29, 0.717) is 0 Å². The fourth-order valence-corrected chi connectivity index (χ4v) is 2.14. The summed E-state index contributed by atoms with van der Waals surface area (Å²) in [5.41, 5.74) is 0. The maximum Gasteiger partial charge on any atom is 0.234 e. The third kappa shape index (κ3) is 3.56. The molecule has 90 valence electrons. The SMILES string of the molecule is Cc1cnc(C(C)NC(=O)C(Br)C(C)C)s1. The molecule has 0 saturated carbocycles. The second-order valence-corrected chi connectivity index (χ2v) is 6.44. The van der Waals surface area contributed by atoms with Crippen molar-refractivity contribution in [1.82, 2.24) is 10.3 Å². The van der Waals surface area contributed by atoms with Gasteiger partial charge < -0.3 is 5.32 Å². The van der Waals surface area contributed by atoms with Crippen LogP contribution in [0.15, 0.2) is 6.20 Å². The van der Waals surface area contributed by atoms with Crippen LogP contribution in [0, 0.1) is 12.8 Å². The number of nitrogens with zero attached hydrogens (tertiary/aromatic N) is 1. The van der Waals surface area contributed by atoms with Crippen LogP contribution in [0.2, 0.25) is 0 Å². The molecule has 1 amide bonds. The van der Waals surface area contributed by atoms with E-state index in [-0.39, 0.29) is 22.7 Å². The summed E-state index contributed by atoms with van der Waals surface area (Å²) in [5, 5.41) is 3.91. The smallest absolute Gasteiger partial charge is 0.234 e. The van der Waals surface area contributed by atoms with Gasteiger partial charge in [-0.05, 0) is 19.8 Å². The van der Waals surface area contributed by atoms with Crippen LogP contribution in [0.4, 0.5) is 0 Å². The Balaban J connectivity index is 2.58. The van der Waals surface area contributed by atoms with Crippen molar-refractivity contribution in [3.63, 3.8) is 0 Å². The van der Waals surface area contributed by atoms with E-state index in [2.05, 4.69) is 26.2 Å². The van der Waals surface area contributed by atoms with Gasteiger partial charge in [0.1, 0.15) is 5.01 Å². The molecule has 0 aliphatic heterocycles. The summed E-state index contributed by atoms with van der Waals surface area (Å²) in [5.74, 6) is 0.306. The second kappa shape index (κ2) is 5.77. The number of aromatic nitrogens is 1. The Kier molecular flexibility index (Phi) is 4.92. The minimum atomic E-state index is -0.143. The first-order valence-electron chi connectivity index (χ1n) is 5.28. The van der Waals surface area contributed by atoms with E-state index < -0.39 is 0 Å². The first kappa shape index (κ1) is 13.6. The van der Waals surface area contributed by atoms with Crippen molar-refractivity contribution in [1.29, 1.82) is 0 Å². The predicted octanol–water partition coefficient (Wildman–Crippen LogP) is 3.05. The topological polar surface area (TPSA) is 42.0 Å². The summed E-state index contributed by atoms with van der Waals surface area (Å²) in [7, 11) is 0. The molecule has 1 aromatic rings. The van der Waals surface area contributed by atoms with Crippen molar-refractivity contribution in [3.8, 4) is 0 Å². The number of amides is 1. The molecule has 0 spiro atoms. The monoisotopic (exact) mass is 304 g/mol. The van der Waals surface area contributed by atoms with E-state index in [9.17, 15) is 4.79 Å². The normalized spacial score (nSPS) is 14.9. The van der Waals surface area contributed by atoms with Gasteiger partial charge in [-0.1, -0.05) is 29.8 Å². The van der Waals surface area contributed by atoms with Gasteiger partial charge in [-0.3, -0.25) is 4.79 Å². The number of halogens is 1. The van der Waals surface area contributed by atoms with E-state index in [1.54, 1.807) is 11.3 Å². The van der Waals surface area contributed by atoms with E-state index in [1.807, 2.05) is 33.9 Å². The molecular weight excluding hydrogens is 288 g/mol. The van der Waals surface area contributed by atoms with Crippen LogP contribution in [0.5, 0.6) is 0 Å². The van der Waals surface area contributed by atoms with Gasteiger partial charge in [-0.15, -0.1) is 11.3 Å². The Hall–Kier alpha value is -0.420. The van der Waals surface area contributed by atoms with Crippen LogP contribution in [-0.2, 0) is 4.79 Å². The number of hydrogen-bond acceptors (Lipinski definition) is 3. The number of carbonyl (C=O) groups is 1. The molecule has 0 aliphatic carbocycles. The average Bonchev–Trinajstić information content (AvgIpc) is 2.63. The molecule has 0 radical (unpaired) electrons. The number of aryl methyl sites for hydroxylation is 1. The molecular formula is C11H17BrN2OS. The lowest BCUT2D eigenvalue weighted by Crippen LogP contribution is -2.35. The van der Waals surface area contributed by atoms with Crippen molar-refractivity contribution in [3.05, 3.63) is 16.1 Å². The van der Waals surface area contributed by atoms with Crippen LogP contribution in [0.1, 0.15) is 36.7 Å². The number of rotatable bonds is 4. The standard InChI is InChI=1S/C11H17BrN2OS/c1-6(2)9(12)10(15)14-8(4)11-13-5-7(3)16-11/h5-6,8-9H,1-4H3,(H,14,15). The molecule has 1 rings (SSSR count). The molecule has 1 heterocycles. The Morgan fingerprint density at radius 2 is 2.12 bits per heavy atom. The zero-order valence-corrected chi connectivity index (χ0v) is 12.4. The Bertz CT molecular complexity index is 365. The fourth-order valence-electron chi connectivity index (χ4n) is 1.23. The molecule has 0 aromatic carbocycles. The zero-order chi connectivity index (χ0) is 12.3. The summed E-state index contributed by atoms with van der Waals surface area (Å²) in [4.78, 5) is 17.1. The number of hydrogen-bond donors (Lipinski definition) is 1. The molecule has 2 atom stereocenters. The number of nitrogens with one attached hydrogen (secondary N) is 1. The number of carbonyl (C=O) groups excluding carboxylic acids is 1. The van der Waals surface area contributed by atoms with Gasteiger partial charge in [-0.25, -0.2) is 4.98 Å². The highest BCUT2D eigenvalue weighted by molar-refractivity contribution is 9.10. The molecule has 0 bridgehead atoms. The highest BCUT2D eigenvalue weighted by Crippen LogP contribution is 2.20. The number of thiazole rings is 1. The predicted molar refractivity (Wildman–Crippen MR) is 71.0 cm³/mol. The average molecular weight is 305 g/mol. The van der Waals surface area contributed by atoms with E-state index in [0.717, 1.165) is 9.88 Å². The maximum absolute atomic E-state index is 11.8. The summed E-state index contributed by atoms with van der Waals surface area (Å²) in [6.45, 7) is 7.99. The zero-order valence-electron chi connectivity index (χ0n) is 9.95. The van der Waals surface area contributed by atoms with Crippen molar-refractivity contribution in [2.45, 2.75) is 38.6 Å². The Morgan fingerprint density at radius 1 is 1.50 bits per heavy atom. The molecule has 3 nitrogen and oxygen atoms in total. The van der Waals surface area contributed by atoms with E-state index >= 15 is 0 Å². The summed E-state index contributed by atoms with van der Waals surface area (Å²) in [6.07, 6.45) is 1.83. The van der Waals surface area contributed by atoms with Gasteiger partial charge in [0, 0.05) is 11.1 Å². The van der Waals surface area contributed by atoms with Gasteiger partial charge in [0.25, 0.3) is 0 Å².